The van der Waals surface area contributed by atoms with Gasteiger partial charge in [-0.05, 0) is 114 Å². The molecular formula is C76H119F2N13O13. The van der Waals surface area contributed by atoms with E-state index in [4.69, 9.17) is 0 Å². The number of aliphatic hydroxyl groups excluding tert-OH is 1. The van der Waals surface area contributed by atoms with Crippen molar-refractivity contribution in [3.8, 4) is 0 Å². The zero-order chi connectivity index (χ0) is 77.6. The Morgan fingerprint density at radius 3 is 1.52 bits per heavy atom. The summed E-state index contributed by atoms with van der Waals surface area (Å²) in [5.41, 5.74) is 1.29. The molecule has 0 radical (unpaired) electrons. The van der Waals surface area contributed by atoms with Crippen LogP contribution in [0.25, 0.3) is 0 Å². The van der Waals surface area contributed by atoms with Gasteiger partial charge in [0.15, 0.2) is 0 Å². The Labute approximate surface area is 614 Å². The first-order valence-electron chi connectivity index (χ1n) is 37.1. The predicted octanol–water partition coefficient (Wildman–Crippen LogP) is 4.10. The first-order chi connectivity index (χ1) is 48.9. The molecule has 5 rings (SSSR count). The smallest absolute Gasteiger partial charge is 0.260 e. The molecule has 5 N–H and O–H groups in total. The zero-order valence-corrected chi connectivity index (χ0v) is 64.3. The van der Waals surface area contributed by atoms with Gasteiger partial charge in [-0.25, -0.2) is 8.78 Å². The van der Waals surface area contributed by atoms with E-state index < -0.39 is 163 Å². The van der Waals surface area contributed by atoms with Gasteiger partial charge in [0.1, 0.15) is 60.4 Å². The number of nitrogens with zero attached hydrogens (tertiary/aromatic N) is 9. The maximum Gasteiger partial charge on any atom is 0.260 e. The summed E-state index contributed by atoms with van der Waals surface area (Å²) in [5, 5.41) is 22.5. The van der Waals surface area contributed by atoms with E-state index >= 15 is 28.8 Å². The lowest BCUT2D eigenvalue weighted by molar-refractivity contribution is -0.151. The van der Waals surface area contributed by atoms with Gasteiger partial charge in [0.05, 0.1) is 25.6 Å². The number of carbonyl (C=O) groups is 12. The van der Waals surface area contributed by atoms with Crippen molar-refractivity contribution in [1.82, 2.24) is 65.4 Å². The van der Waals surface area contributed by atoms with Crippen LogP contribution in [0.1, 0.15) is 157 Å². The molecular weight excluding hydrogens is 1340 g/mol. The number of aliphatic hydroxyl groups is 1. The Kier molecular flexibility index (Phi) is 33.6. The third-order valence-electron chi connectivity index (χ3n) is 20.3. The molecule has 11 atom stereocenters. The molecule has 3 fully saturated rings. The number of benzene rings is 2. The first kappa shape index (κ1) is 86.5. The summed E-state index contributed by atoms with van der Waals surface area (Å²) >= 11 is 0. The van der Waals surface area contributed by atoms with Crippen LogP contribution in [0, 0.1) is 17.8 Å². The lowest BCUT2D eigenvalue weighted by Gasteiger charge is -2.38. The Balaban J connectivity index is 1.69. The second kappa shape index (κ2) is 40.4. The van der Waals surface area contributed by atoms with Gasteiger partial charge >= 0.3 is 0 Å². The van der Waals surface area contributed by atoms with E-state index in [-0.39, 0.29) is 88.8 Å². The third kappa shape index (κ3) is 24.7. The Hall–Kier alpha value is -8.14. The molecule has 3 saturated heterocycles. The normalized spacial score (nSPS) is 26.1. The van der Waals surface area contributed by atoms with Crippen LogP contribution in [0.4, 0.5) is 8.78 Å². The SMILES string of the molecule is CCCCN1CC(=O)N(C)[C@@H](CCN2CCCC(F)(F)C2)C(=O)N[C@H](C(=O)N2CCCCC2)CC(=O)N(C)[C@@H](C)C(=O)N[C@@H](CC(C)C)C(=O)N(C)[C@@H](CC(C)C)C(=O)N(C)[C@@H](Cc2ccccc2)C(=O)N[C@@H](CC(C)C)C(=O)N(C)[C@@H](Cc2ccccc2)C(=O)N(C)[C@@H](C)C(=O)N[C@@H]([C@@H](C)O)C1=O. The van der Waals surface area contributed by atoms with Crippen molar-refractivity contribution in [2.24, 2.45) is 17.8 Å². The number of hydrogen-bond acceptors (Lipinski definition) is 14. The summed E-state index contributed by atoms with van der Waals surface area (Å²) < 4.78 is 29.9. The van der Waals surface area contributed by atoms with E-state index in [0.717, 1.165) is 26.0 Å². The number of hydrogen-bond donors (Lipinski definition) is 5. The van der Waals surface area contributed by atoms with E-state index in [9.17, 15) is 42.7 Å². The minimum atomic E-state index is -3.04. The quantitative estimate of drug-likeness (QED) is 0.141. The number of unbranched alkanes of at least 4 members (excludes halogenated alkanes) is 1. The maximum absolute atomic E-state index is 15.5. The highest BCUT2D eigenvalue weighted by Gasteiger charge is 2.44. The summed E-state index contributed by atoms with van der Waals surface area (Å²) in [7, 11) is 8.27. The summed E-state index contributed by atoms with van der Waals surface area (Å²) in [6.07, 6.45) is 0.234. The van der Waals surface area contributed by atoms with E-state index in [1.807, 2.05) is 48.5 Å². The number of piperidine rings is 2. The fourth-order valence-corrected chi connectivity index (χ4v) is 13.6. The molecule has 3 aliphatic heterocycles. The number of rotatable bonds is 18. The summed E-state index contributed by atoms with van der Waals surface area (Å²) in [5.74, 6) is -12.9. The highest BCUT2D eigenvalue weighted by atomic mass is 19.3. The molecule has 26 nitrogen and oxygen atoms in total. The summed E-state index contributed by atoms with van der Waals surface area (Å²) in [4.78, 5) is 191. The van der Waals surface area contributed by atoms with E-state index in [0.29, 0.717) is 49.9 Å². The number of likely N-dealkylation sites (tertiary alicyclic amines) is 2. The van der Waals surface area contributed by atoms with E-state index in [1.165, 1.54) is 87.6 Å². The molecule has 0 spiro atoms. The zero-order valence-electron chi connectivity index (χ0n) is 64.3. The molecule has 0 aliphatic carbocycles. The van der Waals surface area contributed by atoms with Crippen molar-refractivity contribution in [2.45, 2.75) is 232 Å². The van der Waals surface area contributed by atoms with Gasteiger partial charge in [-0.3, -0.25) is 62.4 Å². The summed E-state index contributed by atoms with van der Waals surface area (Å²) in [6, 6.07) is 3.74. The summed E-state index contributed by atoms with van der Waals surface area (Å²) in [6.45, 7) is 16.3. The van der Waals surface area contributed by atoms with Crippen molar-refractivity contribution in [1.29, 1.82) is 0 Å². The standard InChI is InChI=1S/C76H119F2N13O13/c1-17-18-36-91-46-64(94)85(13)59(33-39-89-35-28-34-76(77,78)47-89)68(97)81-58(72(101)90-37-26-21-27-38-90)45-63(93)83(11)51(8)66(95)79-56(40-48(2)3)70(99)87(15)61(42-50(6)7)74(103)86(14)60(43-54-29-22-19-23-30-54)69(98)80-57(41-49(4)5)71(100)88(16)62(44-55-31-24-20-25-32-55)73(102)84(12)52(9)67(96)82-65(53(10)92)75(91)104/h19-20,22-25,29-32,48-53,56-62,65,92H,17-18,21,26-28,33-47H2,1-16H3,(H,79,95)(H,80,98)(H,81,97)(H,82,96)/t51-,52-,53+,56-,57-,58-,59-,60-,61-,62-,65-/m0/s1. The van der Waals surface area contributed by atoms with Gasteiger partial charge in [-0.15, -0.1) is 0 Å². The lowest BCUT2D eigenvalue weighted by atomic mass is 9.96. The topological polar surface area (TPSA) is 302 Å². The van der Waals surface area contributed by atoms with Crippen LogP contribution >= 0.6 is 0 Å². The van der Waals surface area contributed by atoms with E-state index in [2.05, 4.69) is 21.3 Å². The largest absolute Gasteiger partial charge is 0.391 e. The highest BCUT2D eigenvalue weighted by molar-refractivity contribution is 6.00. The minimum absolute atomic E-state index is 0.0478. The van der Waals surface area contributed by atoms with Gasteiger partial charge in [0, 0.05) is 87.7 Å². The number of carbonyl (C=O) groups excluding carboxylic acids is 12. The number of nitrogens with one attached hydrogen (secondary N) is 4. The van der Waals surface area contributed by atoms with Crippen molar-refractivity contribution in [3.05, 3.63) is 71.8 Å². The monoisotopic (exact) mass is 1460 g/mol. The van der Waals surface area contributed by atoms with Crippen LogP contribution in [-0.2, 0) is 70.4 Å². The molecule has 2 aromatic rings. The second-order valence-electron chi connectivity index (χ2n) is 30.1. The molecule has 3 heterocycles. The van der Waals surface area contributed by atoms with Gasteiger partial charge < -0.3 is 65.6 Å². The molecule has 0 aromatic heterocycles. The molecule has 2 aromatic carbocycles. The predicted molar refractivity (Wildman–Crippen MR) is 391 cm³/mol. The second-order valence-corrected chi connectivity index (χ2v) is 30.1. The van der Waals surface area contributed by atoms with Crippen LogP contribution in [0.2, 0.25) is 0 Å². The highest BCUT2D eigenvalue weighted by Crippen LogP contribution is 2.28. The van der Waals surface area contributed by atoms with Crippen molar-refractivity contribution in [2.75, 3.05) is 88.1 Å². The molecule has 580 valence electrons. The van der Waals surface area contributed by atoms with Gasteiger partial charge in [0.2, 0.25) is 70.9 Å². The molecule has 3 aliphatic rings. The van der Waals surface area contributed by atoms with Crippen LogP contribution < -0.4 is 21.3 Å². The van der Waals surface area contributed by atoms with Gasteiger partial charge in [-0.2, -0.15) is 0 Å². The molecule has 104 heavy (non-hydrogen) atoms. The van der Waals surface area contributed by atoms with Gasteiger partial charge in [-0.1, -0.05) is 116 Å². The first-order valence-corrected chi connectivity index (χ1v) is 37.1. The molecule has 0 unspecified atom stereocenters. The van der Waals surface area contributed by atoms with Crippen LogP contribution in [0.3, 0.4) is 0 Å². The number of halogens is 2. The Morgan fingerprint density at radius 2 is 1.00 bits per heavy atom. The van der Waals surface area contributed by atoms with Crippen molar-refractivity contribution >= 4 is 70.9 Å². The van der Waals surface area contributed by atoms with Crippen LogP contribution in [-0.4, -0.2) is 281 Å². The fraction of sp³-hybridized carbons (Fsp3) is 0.684. The lowest BCUT2D eigenvalue weighted by Crippen LogP contribution is -2.62. The minimum Gasteiger partial charge on any atom is -0.391 e. The molecule has 0 saturated carbocycles. The number of alkyl halides is 2. The molecule has 0 bridgehead atoms. The Morgan fingerprint density at radius 1 is 0.519 bits per heavy atom. The maximum atomic E-state index is 15.5. The van der Waals surface area contributed by atoms with Crippen molar-refractivity contribution < 1.29 is 71.4 Å². The third-order valence-corrected chi connectivity index (χ3v) is 20.3. The van der Waals surface area contributed by atoms with Gasteiger partial charge in [0.25, 0.3) is 5.92 Å². The Bertz CT molecular complexity index is 3230. The fourth-order valence-electron chi connectivity index (χ4n) is 13.6. The number of amides is 12. The van der Waals surface area contributed by atoms with Crippen LogP contribution in [0.15, 0.2) is 60.7 Å². The molecule has 28 heteroatoms. The molecule has 12 amide bonds. The van der Waals surface area contributed by atoms with E-state index in [1.54, 1.807) is 60.7 Å². The number of likely N-dealkylation sites (N-methyl/N-ethyl adjacent to an activating group) is 6. The van der Waals surface area contributed by atoms with Crippen LogP contribution in [0.5, 0.6) is 0 Å². The average molecular weight is 1460 g/mol. The van der Waals surface area contributed by atoms with Crippen molar-refractivity contribution in [3.63, 3.8) is 0 Å². The average Bonchev–Trinajstić information content (AvgIpc) is 0.817.